The van der Waals surface area contributed by atoms with Crippen molar-refractivity contribution in [3.05, 3.63) is 83.9 Å². The molecule has 0 atom stereocenters. The largest absolute Gasteiger partial charge is 0.453 e. The van der Waals surface area contributed by atoms with E-state index in [-0.39, 0.29) is 17.2 Å². The van der Waals surface area contributed by atoms with Crippen LogP contribution in [0.1, 0.15) is 36.7 Å². The number of aromatic nitrogens is 2. The summed E-state index contributed by atoms with van der Waals surface area (Å²) in [6, 6.07) is 15.1. The van der Waals surface area contributed by atoms with Gasteiger partial charge in [-0.2, -0.15) is 0 Å². The molecular weight excluding hydrogens is 407 g/mol. The second-order valence-electron chi connectivity index (χ2n) is 8.55. The maximum atomic E-state index is 14.6. The minimum Gasteiger partial charge on any atom is -0.453 e. The number of anilines is 1. The Kier molecular flexibility index (Phi) is 5.92. The first-order chi connectivity index (χ1) is 15.3. The van der Waals surface area contributed by atoms with Crippen molar-refractivity contribution in [2.24, 2.45) is 0 Å². The van der Waals surface area contributed by atoms with Crippen molar-refractivity contribution in [3.8, 4) is 11.5 Å². The van der Waals surface area contributed by atoms with Gasteiger partial charge in [-0.1, -0.05) is 12.1 Å². The third-order valence-electron chi connectivity index (χ3n) is 4.87. The number of carbonyl (C=O) groups excluding carboxylic acids is 1. The number of hydrogen-bond acceptors (Lipinski definition) is 4. The Bertz CT molecular complexity index is 1240. The molecule has 0 spiro atoms. The highest BCUT2D eigenvalue weighted by atomic mass is 19.1. The molecule has 0 aliphatic rings. The number of H-pyrrole nitrogens is 1. The van der Waals surface area contributed by atoms with Crippen molar-refractivity contribution in [1.29, 1.82) is 0 Å². The van der Waals surface area contributed by atoms with E-state index in [1.807, 2.05) is 18.2 Å². The molecule has 4 aromatic rings. The highest BCUT2D eigenvalue weighted by Gasteiger charge is 2.13. The number of pyridine rings is 1. The van der Waals surface area contributed by atoms with Crippen LogP contribution in [-0.2, 0) is 6.54 Å². The van der Waals surface area contributed by atoms with Crippen molar-refractivity contribution < 1.29 is 13.9 Å². The zero-order chi connectivity index (χ0) is 22.7. The van der Waals surface area contributed by atoms with Crippen LogP contribution in [-0.4, -0.2) is 21.4 Å². The Labute approximate surface area is 185 Å². The number of amides is 1. The molecule has 164 valence electrons. The molecule has 1 amide bonds. The highest BCUT2D eigenvalue weighted by molar-refractivity contribution is 6.04. The maximum Gasteiger partial charge on any atom is 0.255 e. The number of rotatable bonds is 6. The normalized spacial score (nSPS) is 11.5. The van der Waals surface area contributed by atoms with E-state index in [9.17, 15) is 9.18 Å². The second kappa shape index (κ2) is 8.80. The topological polar surface area (TPSA) is 79.0 Å². The summed E-state index contributed by atoms with van der Waals surface area (Å²) in [5.41, 5.74) is 2.60. The van der Waals surface area contributed by atoms with E-state index in [2.05, 4.69) is 41.4 Å². The molecule has 0 radical (unpaired) electrons. The fourth-order valence-electron chi connectivity index (χ4n) is 3.15. The maximum absolute atomic E-state index is 14.6. The van der Waals surface area contributed by atoms with Crippen LogP contribution in [0.5, 0.6) is 11.5 Å². The van der Waals surface area contributed by atoms with Crippen molar-refractivity contribution in [2.45, 2.75) is 32.9 Å². The van der Waals surface area contributed by atoms with Gasteiger partial charge in [0.1, 0.15) is 11.4 Å². The van der Waals surface area contributed by atoms with Gasteiger partial charge in [0.2, 0.25) is 0 Å². The third kappa shape index (κ3) is 5.12. The van der Waals surface area contributed by atoms with Gasteiger partial charge in [-0.15, -0.1) is 0 Å². The predicted molar refractivity (Wildman–Crippen MR) is 124 cm³/mol. The Balaban J connectivity index is 1.42. The van der Waals surface area contributed by atoms with E-state index in [4.69, 9.17) is 4.74 Å². The average molecular weight is 432 g/mol. The Morgan fingerprint density at radius 1 is 1.06 bits per heavy atom. The second-order valence-corrected chi connectivity index (χ2v) is 8.55. The fraction of sp³-hybridized carbons (Fsp3) is 0.200. The number of aromatic amines is 1. The lowest BCUT2D eigenvalue weighted by Crippen LogP contribution is -2.35. The molecule has 4 rings (SSSR count). The molecule has 2 heterocycles. The van der Waals surface area contributed by atoms with Crippen LogP contribution in [0.15, 0.2) is 67.0 Å². The van der Waals surface area contributed by atoms with Crippen LogP contribution >= 0.6 is 0 Å². The summed E-state index contributed by atoms with van der Waals surface area (Å²) < 4.78 is 20.4. The number of halogens is 1. The fourth-order valence-corrected chi connectivity index (χ4v) is 3.15. The summed E-state index contributed by atoms with van der Waals surface area (Å²) in [5, 5.41) is 6.89. The molecule has 32 heavy (non-hydrogen) atoms. The monoisotopic (exact) mass is 432 g/mol. The van der Waals surface area contributed by atoms with Crippen LogP contribution in [0, 0.1) is 5.82 Å². The number of fused-ring (bicyclic) bond motifs is 1. The van der Waals surface area contributed by atoms with Crippen molar-refractivity contribution >= 4 is 22.6 Å². The Morgan fingerprint density at radius 3 is 2.56 bits per heavy atom. The minimum absolute atomic E-state index is 0.0149. The molecule has 0 saturated heterocycles. The summed E-state index contributed by atoms with van der Waals surface area (Å²) in [6.45, 7) is 7.01. The van der Waals surface area contributed by atoms with Crippen molar-refractivity contribution in [1.82, 2.24) is 15.3 Å². The first-order valence-corrected chi connectivity index (χ1v) is 10.3. The van der Waals surface area contributed by atoms with Gasteiger partial charge in [-0.25, -0.2) is 9.37 Å². The quantitative estimate of drug-likeness (QED) is 0.369. The highest BCUT2D eigenvalue weighted by Crippen LogP contribution is 2.31. The first kappa shape index (κ1) is 21.5. The van der Waals surface area contributed by atoms with Gasteiger partial charge < -0.3 is 20.4 Å². The number of ether oxygens (including phenoxy) is 1. The van der Waals surface area contributed by atoms with Gasteiger partial charge in [0.05, 0.1) is 5.39 Å². The number of hydrogen-bond donors (Lipinski definition) is 3. The molecule has 3 N–H and O–H groups in total. The average Bonchev–Trinajstić information content (AvgIpc) is 3.24. The van der Waals surface area contributed by atoms with E-state index in [0.29, 0.717) is 29.2 Å². The number of nitrogens with zero attached hydrogens (tertiary/aromatic N) is 1. The molecule has 0 unspecified atom stereocenters. The molecular formula is C25H25FN4O2. The zero-order valence-electron chi connectivity index (χ0n) is 18.2. The molecule has 0 aliphatic carbocycles. The lowest BCUT2D eigenvalue weighted by atomic mass is 10.1. The smallest absolute Gasteiger partial charge is 0.255 e. The van der Waals surface area contributed by atoms with Gasteiger partial charge in [0.25, 0.3) is 5.91 Å². The molecule has 7 heteroatoms. The Hall–Kier alpha value is -3.71. The first-order valence-electron chi connectivity index (χ1n) is 10.3. The van der Waals surface area contributed by atoms with Crippen molar-refractivity contribution in [3.63, 3.8) is 0 Å². The van der Waals surface area contributed by atoms with E-state index in [1.165, 1.54) is 12.1 Å². The van der Waals surface area contributed by atoms with E-state index in [0.717, 1.165) is 10.9 Å². The number of nitrogens with one attached hydrogen (secondary N) is 3. The van der Waals surface area contributed by atoms with Crippen LogP contribution in [0.3, 0.4) is 0 Å². The van der Waals surface area contributed by atoms with Crippen molar-refractivity contribution in [2.75, 3.05) is 5.32 Å². The van der Waals surface area contributed by atoms with Gasteiger partial charge in [0, 0.05) is 41.8 Å². The molecule has 0 fully saturated rings. The van der Waals surface area contributed by atoms with Crippen LogP contribution in [0.4, 0.5) is 10.1 Å². The number of carbonyl (C=O) groups is 1. The summed E-state index contributed by atoms with van der Waals surface area (Å²) in [5.74, 6) is -0.330. The number of benzene rings is 2. The van der Waals surface area contributed by atoms with E-state index in [1.54, 1.807) is 36.7 Å². The standard InChI is InChI=1S/C25H25FN4O2/c1-25(2,3)29-15-16-4-6-17(7-5-16)24(31)30-18-8-9-22(20(26)14-18)32-21-11-13-28-23-19(21)10-12-27-23/h4-14,29H,15H2,1-3H3,(H,27,28)(H,30,31). The van der Waals surface area contributed by atoms with Crippen LogP contribution in [0.2, 0.25) is 0 Å². The zero-order valence-corrected chi connectivity index (χ0v) is 18.2. The molecule has 0 saturated carbocycles. The van der Waals surface area contributed by atoms with Crippen LogP contribution in [0.25, 0.3) is 11.0 Å². The molecule has 0 bridgehead atoms. The molecule has 6 nitrogen and oxygen atoms in total. The molecule has 2 aromatic carbocycles. The van der Waals surface area contributed by atoms with Gasteiger partial charge >= 0.3 is 0 Å². The SMILES string of the molecule is CC(C)(C)NCc1ccc(C(=O)Nc2ccc(Oc3ccnc4[nH]ccc34)c(F)c2)cc1. The lowest BCUT2D eigenvalue weighted by Gasteiger charge is -2.20. The van der Waals surface area contributed by atoms with Gasteiger partial charge in [0.15, 0.2) is 11.6 Å². The van der Waals surface area contributed by atoms with E-state index >= 15 is 0 Å². The third-order valence-corrected chi connectivity index (χ3v) is 4.87. The van der Waals surface area contributed by atoms with Crippen LogP contribution < -0.4 is 15.4 Å². The summed E-state index contributed by atoms with van der Waals surface area (Å²) in [7, 11) is 0. The summed E-state index contributed by atoms with van der Waals surface area (Å²) >= 11 is 0. The lowest BCUT2D eigenvalue weighted by molar-refractivity contribution is 0.102. The van der Waals surface area contributed by atoms with E-state index < -0.39 is 5.82 Å². The molecule has 0 aliphatic heterocycles. The van der Waals surface area contributed by atoms with Gasteiger partial charge in [-0.3, -0.25) is 4.79 Å². The summed E-state index contributed by atoms with van der Waals surface area (Å²) in [4.78, 5) is 19.7. The Morgan fingerprint density at radius 2 is 1.84 bits per heavy atom. The molecule has 2 aromatic heterocycles. The predicted octanol–water partition coefficient (Wildman–Crippen LogP) is 5.63. The minimum atomic E-state index is -0.577. The van der Waals surface area contributed by atoms with Gasteiger partial charge in [-0.05, 0) is 62.7 Å². The summed E-state index contributed by atoms with van der Waals surface area (Å²) in [6.07, 6.45) is 3.33.